The molecule has 1 N–H and O–H groups in total. The quantitative estimate of drug-likeness (QED) is 0.911. The molecule has 1 aromatic carbocycles. The highest BCUT2D eigenvalue weighted by Crippen LogP contribution is 2.15. The zero-order chi connectivity index (χ0) is 14.7. The Kier molecular flexibility index (Phi) is 3.72. The molecule has 0 spiro atoms. The highest BCUT2D eigenvalue weighted by atomic mass is 15.0. The van der Waals surface area contributed by atoms with Gasteiger partial charge in [-0.05, 0) is 60.6 Å². The van der Waals surface area contributed by atoms with Crippen LogP contribution in [0.25, 0.3) is 11.8 Å². The summed E-state index contributed by atoms with van der Waals surface area (Å²) in [6, 6.07) is 12.4. The van der Waals surface area contributed by atoms with Crippen molar-refractivity contribution in [1.82, 2.24) is 4.98 Å². The van der Waals surface area contributed by atoms with E-state index in [-0.39, 0.29) is 0 Å². The summed E-state index contributed by atoms with van der Waals surface area (Å²) in [6.45, 7) is 4.20. The molecule has 0 saturated heterocycles. The molecule has 1 aliphatic rings. The topological polar surface area (TPSA) is 24.9 Å². The van der Waals surface area contributed by atoms with Gasteiger partial charge in [0.25, 0.3) is 0 Å². The molecule has 21 heavy (non-hydrogen) atoms. The maximum absolute atomic E-state index is 4.37. The summed E-state index contributed by atoms with van der Waals surface area (Å²) in [5.41, 5.74) is 6.95. The van der Waals surface area contributed by atoms with Crippen molar-refractivity contribution in [1.29, 1.82) is 0 Å². The molecular formula is C19H18N2. The number of pyridine rings is 1. The van der Waals surface area contributed by atoms with Crippen LogP contribution in [-0.2, 0) is 0 Å². The van der Waals surface area contributed by atoms with Crippen LogP contribution < -0.4 is 15.8 Å². The van der Waals surface area contributed by atoms with E-state index in [9.17, 15) is 0 Å². The van der Waals surface area contributed by atoms with Gasteiger partial charge in [-0.25, -0.2) is 4.98 Å². The Morgan fingerprint density at radius 2 is 2.00 bits per heavy atom. The molecule has 0 unspecified atom stereocenters. The van der Waals surface area contributed by atoms with Crippen LogP contribution in [0, 0.1) is 6.92 Å². The number of hydrogen-bond donors (Lipinski definition) is 1. The number of hydrogen-bond acceptors (Lipinski definition) is 2. The smallest absolute Gasteiger partial charge is 0.130 e. The minimum atomic E-state index is 0.826. The van der Waals surface area contributed by atoms with E-state index in [0.29, 0.717) is 0 Å². The molecule has 0 saturated carbocycles. The second kappa shape index (κ2) is 5.82. The maximum Gasteiger partial charge on any atom is 0.130 e. The Morgan fingerprint density at radius 1 is 1.14 bits per heavy atom. The van der Waals surface area contributed by atoms with Gasteiger partial charge in [0.15, 0.2) is 0 Å². The number of aromatic nitrogens is 1. The Bertz CT molecular complexity index is 853. The van der Waals surface area contributed by atoms with Crippen LogP contribution in [0.3, 0.4) is 0 Å². The summed E-state index contributed by atoms with van der Waals surface area (Å²) >= 11 is 0. The molecule has 0 atom stereocenters. The van der Waals surface area contributed by atoms with Crippen molar-refractivity contribution in [3.05, 3.63) is 75.9 Å². The molecule has 2 aromatic rings. The van der Waals surface area contributed by atoms with Gasteiger partial charge in [0.1, 0.15) is 5.82 Å². The van der Waals surface area contributed by atoms with Crippen LogP contribution in [0.15, 0.2) is 59.9 Å². The molecule has 1 aliphatic carbocycles. The van der Waals surface area contributed by atoms with Crippen molar-refractivity contribution in [2.24, 2.45) is 0 Å². The molecule has 3 rings (SSSR count). The second-order valence-corrected chi connectivity index (χ2v) is 5.29. The molecule has 1 aromatic heterocycles. The second-order valence-electron chi connectivity index (χ2n) is 5.29. The first-order valence-corrected chi connectivity index (χ1v) is 7.14. The van der Waals surface area contributed by atoms with Gasteiger partial charge in [-0.1, -0.05) is 18.2 Å². The summed E-state index contributed by atoms with van der Waals surface area (Å²) in [6.07, 6.45) is 6.94. The summed E-state index contributed by atoms with van der Waals surface area (Å²) in [5, 5.41) is 5.78. The lowest BCUT2D eigenvalue weighted by Crippen LogP contribution is -2.23. The predicted molar refractivity (Wildman–Crippen MR) is 88.0 cm³/mol. The van der Waals surface area contributed by atoms with Gasteiger partial charge in [-0.3, -0.25) is 0 Å². The Hall–Kier alpha value is -2.57. The third kappa shape index (κ3) is 3.13. The Balaban J connectivity index is 2.03. The van der Waals surface area contributed by atoms with Crippen LogP contribution in [-0.4, -0.2) is 4.98 Å². The minimum absolute atomic E-state index is 0.826. The average molecular weight is 274 g/mol. The van der Waals surface area contributed by atoms with Gasteiger partial charge in [0, 0.05) is 23.5 Å². The Labute approximate surface area is 124 Å². The third-order valence-corrected chi connectivity index (χ3v) is 3.57. The Morgan fingerprint density at radius 3 is 2.86 bits per heavy atom. The van der Waals surface area contributed by atoms with E-state index in [0.717, 1.165) is 23.2 Å². The van der Waals surface area contributed by atoms with Crippen LogP contribution in [0.2, 0.25) is 0 Å². The van der Waals surface area contributed by atoms with Crippen molar-refractivity contribution in [3.8, 4) is 0 Å². The number of benzene rings is 1. The van der Waals surface area contributed by atoms with E-state index in [1.807, 2.05) is 18.3 Å². The molecule has 0 bridgehead atoms. The van der Waals surface area contributed by atoms with E-state index in [4.69, 9.17) is 0 Å². The number of anilines is 1. The lowest BCUT2D eigenvalue weighted by Gasteiger charge is -2.12. The monoisotopic (exact) mass is 274 g/mol. The fraction of sp³-hybridized carbons (Fsp3) is 0.158. The van der Waals surface area contributed by atoms with E-state index in [1.54, 1.807) is 0 Å². The van der Waals surface area contributed by atoms with Crippen LogP contribution in [0.4, 0.5) is 5.82 Å². The van der Waals surface area contributed by atoms with E-state index in [2.05, 4.69) is 66.3 Å². The molecule has 2 heteroatoms. The van der Waals surface area contributed by atoms with Gasteiger partial charge < -0.3 is 5.32 Å². The molecule has 0 radical (unpaired) electrons. The van der Waals surface area contributed by atoms with Gasteiger partial charge in [0.05, 0.1) is 0 Å². The zero-order valence-electron chi connectivity index (χ0n) is 12.4. The number of nitrogens with zero attached hydrogens (tertiary/aromatic N) is 1. The highest BCUT2D eigenvalue weighted by Gasteiger charge is 2.03. The summed E-state index contributed by atoms with van der Waals surface area (Å²) in [5.74, 6) is 0.889. The molecule has 0 amide bonds. The first-order valence-electron chi connectivity index (χ1n) is 7.14. The molecule has 0 fully saturated rings. The SMILES string of the molecule is CC1=C(Nc2cc(C)ccn2)CC=C=c2ccccc2=C1. The molecule has 2 nitrogen and oxygen atoms in total. The largest absolute Gasteiger partial charge is 0.343 e. The average Bonchev–Trinajstić information content (AvgIpc) is 2.46. The first-order chi connectivity index (χ1) is 10.2. The van der Waals surface area contributed by atoms with Gasteiger partial charge in [-0.15, -0.1) is 5.73 Å². The van der Waals surface area contributed by atoms with Crippen molar-refractivity contribution in [2.45, 2.75) is 20.3 Å². The third-order valence-electron chi connectivity index (χ3n) is 3.57. The lowest BCUT2D eigenvalue weighted by molar-refractivity contribution is 1.15. The summed E-state index contributed by atoms with van der Waals surface area (Å²) < 4.78 is 0. The lowest BCUT2D eigenvalue weighted by atomic mass is 10.1. The van der Waals surface area contributed by atoms with Crippen LogP contribution >= 0.6 is 0 Å². The number of allylic oxidation sites excluding steroid dienone is 2. The van der Waals surface area contributed by atoms with E-state index < -0.39 is 0 Å². The number of aryl methyl sites for hydroxylation is 1. The molecule has 104 valence electrons. The van der Waals surface area contributed by atoms with E-state index >= 15 is 0 Å². The summed E-state index contributed by atoms with van der Waals surface area (Å²) in [7, 11) is 0. The maximum atomic E-state index is 4.37. The number of fused-ring (bicyclic) bond motifs is 1. The minimum Gasteiger partial charge on any atom is -0.343 e. The van der Waals surface area contributed by atoms with Crippen molar-refractivity contribution in [3.63, 3.8) is 0 Å². The normalized spacial score (nSPS) is 13.6. The van der Waals surface area contributed by atoms with E-state index in [1.165, 1.54) is 16.4 Å². The van der Waals surface area contributed by atoms with Gasteiger partial charge >= 0.3 is 0 Å². The standard InChI is InChI=1S/C19H18N2/c1-14-10-11-20-19(12-14)21-18-9-5-8-16-6-3-4-7-17(16)13-15(18)2/h3-7,10-13H,9H2,1-2H3,(H,20,21). The zero-order valence-corrected chi connectivity index (χ0v) is 12.4. The van der Waals surface area contributed by atoms with Crippen LogP contribution in [0.5, 0.6) is 0 Å². The van der Waals surface area contributed by atoms with Crippen LogP contribution in [0.1, 0.15) is 18.9 Å². The highest BCUT2D eigenvalue weighted by molar-refractivity contribution is 5.56. The molecule has 1 heterocycles. The van der Waals surface area contributed by atoms with Crippen molar-refractivity contribution >= 4 is 17.6 Å². The molecule has 0 aliphatic heterocycles. The van der Waals surface area contributed by atoms with Crippen molar-refractivity contribution in [2.75, 3.05) is 5.32 Å². The summed E-state index contributed by atoms with van der Waals surface area (Å²) in [4.78, 5) is 4.37. The van der Waals surface area contributed by atoms with Gasteiger partial charge in [0.2, 0.25) is 0 Å². The van der Waals surface area contributed by atoms with Crippen molar-refractivity contribution < 1.29 is 0 Å². The fourth-order valence-electron chi connectivity index (χ4n) is 2.41. The number of nitrogens with one attached hydrogen (secondary N) is 1. The first kappa shape index (κ1) is 13.4. The number of rotatable bonds is 2. The molecular weight excluding hydrogens is 256 g/mol. The fourth-order valence-corrected chi connectivity index (χ4v) is 2.41. The van der Waals surface area contributed by atoms with Gasteiger partial charge in [-0.2, -0.15) is 0 Å². The predicted octanol–water partition coefficient (Wildman–Crippen LogP) is 2.90.